The topological polar surface area (TPSA) is 60.4 Å². The van der Waals surface area contributed by atoms with Crippen molar-refractivity contribution in [1.29, 1.82) is 0 Å². The van der Waals surface area contributed by atoms with Crippen LogP contribution in [0.15, 0.2) is 30.3 Å². The molecule has 0 bridgehead atoms. The van der Waals surface area contributed by atoms with Gasteiger partial charge in [0, 0.05) is 5.56 Å². The van der Waals surface area contributed by atoms with Crippen LogP contribution in [0, 0.1) is 0 Å². The number of carbonyl (C=O) groups is 1. The highest BCUT2D eigenvalue weighted by atomic mass is 32.2. The average molecular weight is 411 g/mol. The molecule has 0 fully saturated rings. The van der Waals surface area contributed by atoms with Gasteiger partial charge in [0.15, 0.2) is 5.78 Å². The summed E-state index contributed by atoms with van der Waals surface area (Å²) in [6, 6.07) is 8.65. The fraction of sp³-hybridized carbons (Fsp3) is 0.696. The Morgan fingerprint density at radius 3 is 1.79 bits per heavy atom. The van der Waals surface area contributed by atoms with Gasteiger partial charge in [0.05, 0.1) is 5.75 Å². The van der Waals surface area contributed by atoms with Crippen molar-refractivity contribution in [3.63, 3.8) is 0 Å². The number of carbonyl (C=O) groups excluding carboxylic acids is 1. The fourth-order valence-electron chi connectivity index (χ4n) is 3.27. The van der Waals surface area contributed by atoms with E-state index >= 15 is 0 Å². The van der Waals surface area contributed by atoms with E-state index in [1.807, 2.05) is 6.07 Å². The number of Topliss-reactive ketones (excluding diaryl/α,β-unsaturated/α-hetero) is 1. The highest BCUT2D eigenvalue weighted by molar-refractivity contribution is 7.86. The Labute approximate surface area is 172 Å². The maximum Gasteiger partial charge on any atom is 0.268 e. The first-order chi connectivity index (χ1) is 13.5. The Kier molecular flexibility index (Phi) is 13.1. The number of unbranched alkanes of at least 4 members (excludes halogenated alkanes) is 11. The number of ketones is 1. The second-order valence-corrected chi connectivity index (χ2v) is 9.34. The molecule has 1 aromatic rings. The smallest absolute Gasteiger partial charge is 0.268 e. The van der Waals surface area contributed by atoms with Crippen LogP contribution in [-0.4, -0.2) is 26.1 Å². The molecule has 0 saturated carbocycles. The number of benzene rings is 1. The zero-order valence-electron chi connectivity index (χ0n) is 17.7. The van der Waals surface area contributed by atoms with Gasteiger partial charge in [-0.25, -0.2) is 0 Å². The van der Waals surface area contributed by atoms with Crippen LogP contribution in [0.3, 0.4) is 0 Å². The monoisotopic (exact) mass is 410 g/mol. The van der Waals surface area contributed by atoms with Gasteiger partial charge in [0.1, 0.15) is 6.10 Å². The van der Waals surface area contributed by atoms with Crippen molar-refractivity contribution in [1.82, 2.24) is 0 Å². The van der Waals surface area contributed by atoms with E-state index in [9.17, 15) is 13.2 Å². The highest BCUT2D eigenvalue weighted by Gasteiger charge is 2.22. The summed E-state index contributed by atoms with van der Waals surface area (Å²) in [6.07, 6.45) is 13.3. The van der Waals surface area contributed by atoms with Crippen molar-refractivity contribution >= 4 is 15.9 Å². The molecule has 160 valence electrons. The van der Waals surface area contributed by atoms with E-state index in [-0.39, 0.29) is 11.5 Å². The van der Waals surface area contributed by atoms with Gasteiger partial charge in [-0.05, 0) is 13.3 Å². The van der Waals surface area contributed by atoms with Gasteiger partial charge in [0.25, 0.3) is 10.1 Å². The normalized spacial score (nSPS) is 12.8. The predicted octanol–water partition coefficient (Wildman–Crippen LogP) is 6.31. The molecule has 0 aliphatic rings. The van der Waals surface area contributed by atoms with E-state index in [0.717, 1.165) is 12.8 Å². The van der Waals surface area contributed by atoms with Crippen molar-refractivity contribution in [2.45, 2.75) is 97.0 Å². The van der Waals surface area contributed by atoms with Crippen molar-refractivity contribution in [2.24, 2.45) is 0 Å². The summed E-state index contributed by atoms with van der Waals surface area (Å²) < 4.78 is 29.2. The summed E-state index contributed by atoms with van der Waals surface area (Å²) in [6.45, 7) is 3.73. The number of hydrogen-bond acceptors (Lipinski definition) is 4. The molecule has 0 spiro atoms. The number of rotatable bonds is 17. The molecule has 0 radical (unpaired) electrons. The Morgan fingerprint density at radius 2 is 1.29 bits per heavy atom. The summed E-state index contributed by atoms with van der Waals surface area (Å²) in [7, 11) is -3.67. The first kappa shape index (κ1) is 24.8. The van der Waals surface area contributed by atoms with Gasteiger partial charge in [-0.2, -0.15) is 8.42 Å². The quantitative estimate of drug-likeness (QED) is 0.172. The van der Waals surface area contributed by atoms with Crippen LogP contribution in [0.2, 0.25) is 0 Å². The minimum Gasteiger partial charge on any atom is -0.291 e. The molecule has 1 rings (SSSR count). The highest BCUT2D eigenvalue weighted by Crippen LogP contribution is 2.14. The molecule has 4 nitrogen and oxygen atoms in total. The van der Waals surface area contributed by atoms with Crippen LogP contribution in [0.25, 0.3) is 0 Å². The third-order valence-corrected chi connectivity index (χ3v) is 6.34. The zero-order chi connectivity index (χ0) is 20.7. The lowest BCUT2D eigenvalue weighted by Crippen LogP contribution is -2.25. The van der Waals surface area contributed by atoms with E-state index in [4.69, 9.17) is 4.18 Å². The lowest BCUT2D eigenvalue weighted by Gasteiger charge is -2.12. The van der Waals surface area contributed by atoms with Gasteiger partial charge >= 0.3 is 0 Å². The van der Waals surface area contributed by atoms with Crippen LogP contribution < -0.4 is 0 Å². The van der Waals surface area contributed by atoms with E-state index in [1.54, 1.807) is 24.3 Å². The van der Waals surface area contributed by atoms with E-state index in [0.29, 0.717) is 12.0 Å². The predicted molar refractivity (Wildman–Crippen MR) is 116 cm³/mol. The van der Waals surface area contributed by atoms with Gasteiger partial charge in [-0.3, -0.25) is 8.98 Å². The van der Waals surface area contributed by atoms with Crippen molar-refractivity contribution in [3.8, 4) is 0 Å². The summed E-state index contributed by atoms with van der Waals surface area (Å²) in [5.74, 6) is -0.324. The largest absolute Gasteiger partial charge is 0.291 e. The van der Waals surface area contributed by atoms with Crippen LogP contribution in [0.4, 0.5) is 0 Å². The molecular weight excluding hydrogens is 372 g/mol. The maximum atomic E-state index is 12.2. The molecule has 0 aromatic heterocycles. The summed E-state index contributed by atoms with van der Waals surface area (Å²) >= 11 is 0. The van der Waals surface area contributed by atoms with Crippen LogP contribution in [0.1, 0.15) is 101 Å². The molecule has 0 N–H and O–H groups in total. The average Bonchev–Trinajstić information content (AvgIpc) is 2.68. The SMILES string of the molecule is CCCCCCCCCCCCCCS(=O)(=O)OC(C)C(=O)c1ccccc1. The fourth-order valence-corrected chi connectivity index (χ4v) is 4.45. The lowest BCUT2D eigenvalue weighted by atomic mass is 10.1. The van der Waals surface area contributed by atoms with Crippen LogP contribution in [0.5, 0.6) is 0 Å². The van der Waals surface area contributed by atoms with E-state index in [2.05, 4.69) is 6.92 Å². The lowest BCUT2D eigenvalue weighted by molar-refractivity contribution is 0.0825. The second kappa shape index (κ2) is 14.7. The van der Waals surface area contributed by atoms with E-state index in [1.165, 1.54) is 64.7 Å². The van der Waals surface area contributed by atoms with Gasteiger partial charge in [0.2, 0.25) is 0 Å². The first-order valence-electron chi connectivity index (χ1n) is 11.0. The zero-order valence-corrected chi connectivity index (χ0v) is 18.5. The molecule has 0 aliphatic heterocycles. The first-order valence-corrected chi connectivity index (χ1v) is 12.5. The summed E-state index contributed by atoms with van der Waals surface area (Å²) in [5, 5.41) is 0. The molecule has 5 heteroatoms. The molecule has 1 aromatic carbocycles. The number of hydrogen-bond donors (Lipinski definition) is 0. The third-order valence-electron chi connectivity index (χ3n) is 4.97. The van der Waals surface area contributed by atoms with Gasteiger partial charge in [-0.15, -0.1) is 0 Å². The Balaban J connectivity index is 2.08. The minimum absolute atomic E-state index is 0.0170. The summed E-state index contributed by atoms with van der Waals surface area (Å²) in [5.41, 5.74) is 0.468. The standard InChI is InChI=1S/C23H38O4S/c1-3-4-5-6-7-8-9-10-11-12-13-17-20-28(25,26)27-21(2)23(24)22-18-15-14-16-19-22/h14-16,18-19,21H,3-13,17,20H2,1-2H3. The minimum atomic E-state index is -3.67. The second-order valence-electron chi connectivity index (χ2n) is 7.62. The molecule has 28 heavy (non-hydrogen) atoms. The maximum absolute atomic E-state index is 12.2. The molecule has 1 atom stereocenters. The Morgan fingerprint density at radius 1 is 0.821 bits per heavy atom. The third kappa shape index (κ3) is 11.6. The molecule has 0 aliphatic carbocycles. The molecule has 0 saturated heterocycles. The van der Waals surface area contributed by atoms with Gasteiger partial charge < -0.3 is 0 Å². The van der Waals surface area contributed by atoms with Crippen molar-refractivity contribution in [3.05, 3.63) is 35.9 Å². The Bertz CT molecular complexity index is 625. The summed E-state index contributed by atoms with van der Waals surface area (Å²) in [4.78, 5) is 12.2. The molecule has 1 unspecified atom stereocenters. The van der Waals surface area contributed by atoms with Crippen LogP contribution >= 0.6 is 0 Å². The van der Waals surface area contributed by atoms with Crippen LogP contribution in [-0.2, 0) is 14.3 Å². The van der Waals surface area contributed by atoms with Crippen molar-refractivity contribution < 1.29 is 17.4 Å². The van der Waals surface area contributed by atoms with Crippen molar-refractivity contribution in [2.75, 3.05) is 5.75 Å². The van der Waals surface area contributed by atoms with E-state index < -0.39 is 16.2 Å². The molecule has 0 heterocycles. The molecule has 0 amide bonds. The molecular formula is C23H38O4S. The van der Waals surface area contributed by atoms with Gasteiger partial charge in [-0.1, -0.05) is 108 Å². The Hall–Kier alpha value is -1.20.